The zero-order valence-electron chi connectivity index (χ0n) is 12.6. The molecule has 21 heavy (non-hydrogen) atoms. The number of piperidine rings is 1. The molecular weight excluding hydrogens is 260 g/mol. The molecule has 112 valence electrons. The fraction of sp³-hybridized carbons (Fsp3) is 0.611. The third kappa shape index (κ3) is 2.71. The van der Waals surface area contributed by atoms with Crippen LogP contribution in [0.15, 0.2) is 30.3 Å². The van der Waals surface area contributed by atoms with Crippen LogP contribution in [0.1, 0.15) is 37.7 Å². The van der Waals surface area contributed by atoms with Crippen molar-refractivity contribution in [1.82, 2.24) is 9.80 Å². The van der Waals surface area contributed by atoms with E-state index in [-0.39, 0.29) is 0 Å². The Morgan fingerprint density at radius 3 is 2.57 bits per heavy atom. The molecule has 0 spiro atoms. The van der Waals surface area contributed by atoms with E-state index in [1.807, 2.05) is 0 Å². The summed E-state index contributed by atoms with van der Waals surface area (Å²) in [6, 6.07) is 11.8. The largest absolute Gasteiger partial charge is 0.338 e. The molecular formula is C18H24N2O. The highest BCUT2D eigenvalue weighted by Crippen LogP contribution is 2.36. The molecule has 1 amide bonds. The molecule has 3 nitrogen and oxygen atoms in total. The summed E-state index contributed by atoms with van der Waals surface area (Å²) in [7, 11) is 0. The van der Waals surface area contributed by atoms with Crippen molar-refractivity contribution in [2.24, 2.45) is 5.92 Å². The Morgan fingerprint density at radius 1 is 1.00 bits per heavy atom. The molecule has 3 heteroatoms. The highest BCUT2D eigenvalue weighted by molar-refractivity contribution is 5.77. The number of nitrogens with zero attached hydrogens (tertiary/aromatic N) is 2. The van der Waals surface area contributed by atoms with E-state index in [0.717, 1.165) is 44.8 Å². The molecule has 3 fully saturated rings. The molecule has 1 aliphatic carbocycles. The lowest BCUT2D eigenvalue weighted by Gasteiger charge is -2.40. The molecule has 0 bridgehead atoms. The van der Waals surface area contributed by atoms with Gasteiger partial charge in [-0.05, 0) is 37.2 Å². The van der Waals surface area contributed by atoms with Gasteiger partial charge in [0.1, 0.15) is 0 Å². The minimum atomic E-state index is 0.407. The Hall–Kier alpha value is -1.35. The third-order valence-corrected chi connectivity index (χ3v) is 5.38. The zero-order chi connectivity index (χ0) is 14.2. The summed E-state index contributed by atoms with van der Waals surface area (Å²) in [6.45, 7) is 3.20. The topological polar surface area (TPSA) is 23.6 Å². The first-order valence-electron chi connectivity index (χ1n) is 8.39. The lowest BCUT2D eigenvalue weighted by molar-refractivity contribution is -0.138. The number of carbonyl (C=O) groups excluding carboxylic acids is 1. The van der Waals surface area contributed by atoms with E-state index in [0.29, 0.717) is 18.0 Å². The Kier molecular flexibility index (Phi) is 3.46. The first-order chi connectivity index (χ1) is 10.3. The summed E-state index contributed by atoms with van der Waals surface area (Å²) in [4.78, 5) is 17.1. The van der Waals surface area contributed by atoms with Crippen LogP contribution in [-0.4, -0.2) is 40.9 Å². The van der Waals surface area contributed by atoms with Gasteiger partial charge in [0.05, 0.1) is 0 Å². The maximum Gasteiger partial charge on any atom is 0.222 e. The third-order valence-electron chi connectivity index (χ3n) is 5.38. The molecule has 0 N–H and O–H groups in total. The van der Waals surface area contributed by atoms with Gasteiger partial charge in [-0.15, -0.1) is 0 Å². The van der Waals surface area contributed by atoms with E-state index in [4.69, 9.17) is 0 Å². The fourth-order valence-electron chi connectivity index (χ4n) is 4.07. The zero-order valence-corrected chi connectivity index (χ0v) is 12.6. The number of likely N-dealkylation sites (tertiary alicyclic amines) is 2. The van der Waals surface area contributed by atoms with Crippen LogP contribution in [0.4, 0.5) is 0 Å². The average molecular weight is 284 g/mol. The summed E-state index contributed by atoms with van der Waals surface area (Å²) in [5, 5.41) is 0. The predicted molar refractivity (Wildman–Crippen MR) is 82.7 cm³/mol. The first kappa shape index (κ1) is 13.3. The Morgan fingerprint density at radius 2 is 1.81 bits per heavy atom. The molecule has 3 aliphatic rings. The van der Waals surface area contributed by atoms with E-state index < -0.39 is 0 Å². The number of rotatable bonds is 4. The van der Waals surface area contributed by atoms with E-state index in [1.54, 1.807) is 0 Å². The van der Waals surface area contributed by atoms with Gasteiger partial charge in [0.2, 0.25) is 5.91 Å². The molecule has 0 radical (unpaired) electrons. The number of hydrogen-bond donors (Lipinski definition) is 0. The highest BCUT2D eigenvalue weighted by Gasteiger charge is 2.44. The lowest BCUT2D eigenvalue weighted by Crippen LogP contribution is -2.52. The van der Waals surface area contributed by atoms with Gasteiger partial charge in [0.25, 0.3) is 0 Å². The van der Waals surface area contributed by atoms with Gasteiger partial charge in [0, 0.05) is 38.1 Å². The maximum absolute atomic E-state index is 12.3. The summed E-state index contributed by atoms with van der Waals surface area (Å²) in [5.41, 5.74) is 1.39. The van der Waals surface area contributed by atoms with Gasteiger partial charge in [-0.1, -0.05) is 30.3 Å². The molecule has 1 aromatic carbocycles. The van der Waals surface area contributed by atoms with Crippen LogP contribution in [0, 0.1) is 5.92 Å². The minimum Gasteiger partial charge on any atom is -0.338 e. The van der Waals surface area contributed by atoms with Gasteiger partial charge in [-0.3, -0.25) is 9.69 Å². The maximum atomic E-state index is 12.3. The highest BCUT2D eigenvalue weighted by atomic mass is 16.2. The van der Waals surface area contributed by atoms with E-state index >= 15 is 0 Å². The van der Waals surface area contributed by atoms with Crippen molar-refractivity contribution in [1.29, 1.82) is 0 Å². The number of hydrogen-bond acceptors (Lipinski definition) is 2. The Balaban J connectivity index is 1.46. The monoisotopic (exact) mass is 284 g/mol. The quantitative estimate of drug-likeness (QED) is 0.848. The van der Waals surface area contributed by atoms with Crippen molar-refractivity contribution in [3.8, 4) is 0 Å². The van der Waals surface area contributed by atoms with Crippen LogP contribution in [-0.2, 0) is 11.3 Å². The molecule has 2 aliphatic heterocycles. The van der Waals surface area contributed by atoms with Crippen LogP contribution in [0.3, 0.4) is 0 Å². The van der Waals surface area contributed by atoms with E-state index in [1.165, 1.54) is 18.4 Å². The second-order valence-corrected chi connectivity index (χ2v) is 6.91. The number of fused-ring (bicyclic) bond motifs is 1. The van der Waals surface area contributed by atoms with E-state index in [9.17, 15) is 4.79 Å². The second kappa shape index (κ2) is 5.45. The SMILES string of the molecule is O=C1CC[C@H]2[C@H](CCN2Cc2ccccc2)N1CC1CC1. The molecule has 2 atom stereocenters. The van der Waals surface area contributed by atoms with Crippen LogP contribution < -0.4 is 0 Å². The molecule has 1 aromatic rings. The van der Waals surface area contributed by atoms with Crippen molar-refractivity contribution in [3.63, 3.8) is 0 Å². The van der Waals surface area contributed by atoms with Gasteiger partial charge < -0.3 is 4.90 Å². The van der Waals surface area contributed by atoms with Gasteiger partial charge in [-0.25, -0.2) is 0 Å². The lowest BCUT2D eigenvalue weighted by atomic mass is 9.95. The van der Waals surface area contributed by atoms with E-state index in [2.05, 4.69) is 40.1 Å². The number of amides is 1. The summed E-state index contributed by atoms with van der Waals surface area (Å²) in [6.07, 6.45) is 5.62. The van der Waals surface area contributed by atoms with Crippen molar-refractivity contribution in [2.75, 3.05) is 13.1 Å². The Bertz CT molecular complexity index is 511. The van der Waals surface area contributed by atoms with Crippen molar-refractivity contribution >= 4 is 5.91 Å². The van der Waals surface area contributed by atoms with Gasteiger partial charge >= 0.3 is 0 Å². The Labute approximate surface area is 126 Å². The van der Waals surface area contributed by atoms with Crippen LogP contribution in [0.5, 0.6) is 0 Å². The minimum absolute atomic E-state index is 0.407. The van der Waals surface area contributed by atoms with Gasteiger partial charge in [-0.2, -0.15) is 0 Å². The molecule has 1 saturated carbocycles. The standard InChI is InChI=1S/C18H24N2O/c21-18-9-8-16-17(20(18)13-15-6-7-15)10-11-19(16)12-14-4-2-1-3-5-14/h1-5,15-17H,6-13H2/t16-,17-/m0/s1. The molecule has 2 heterocycles. The fourth-order valence-corrected chi connectivity index (χ4v) is 4.07. The summed E-state index contributed by atoms with van der Waals surface area (Å²) < 4.78 is 0. The second-order valence-electron chi connectivity index (χ2n) is 6.91. The predicted octanol–water partition coefficient (Wildman–Crippen LogP) is 2.66. The van der Waals surface area contributed by atoms with Crippen LogP contribution in [0.2, 0.25) is 0 Å². The molecule has 2 saturated heterocycles. The van der Waals surface area contributed by atoms with Crippen molar-refractivity contribution < 1.29 is 4.79 Å². The van der Waals surface area contributed by atoms with Crippen molar-refractivity contribution in [3.05, 3.63) is 35.9 Å². The smallest absolute Gasteiger partial charge is 0.222 e. The molecule has 4 rings (SSSR count). The average Bonchev–Trinajstić information content (AvgIpc) is 3.24. The number of carbonyl (C=O) groups is 1. The van der Waals surface area contributed by atoms with Crippen molar-refractivity contribution in [2.45, 2.75) is 50.7 Å². The van der Waals surface area contributed by atoms with Crippen LogP contribution in [0.25, 0.3) is 0 Å². The summed E-state index contributed by atoms with van der Waals surface area (Å²) >= 11 is 0. The van der Waals surface area contributed by atoms with Crippen LogP contribution >= 0.6 is 0 Å². The molecule has 0 aromatic heterocycles. The number of benzene rings is 1. The first-order valence-corrected chi connectivity index (χ1v) is 8.39. The normalized spacial score (nSPS) is 29.7. The summed E-state index contributed by atoms with van der Waals surface area (Å²) in [5.74, 6) is 1.21. The van der Waals surface area contributed by atoms with Gasteiger partial charge in [0.15, 0.2) is 0 Å². The molecule has 0 unspecified atom stereocenters.